The lowest BCUT2D eigenvalue weighted by Gasteiger charge is -2.15. The first kappa shape index (κ1) is 51.6. The van der Waals surface area contributed by atoms with Crippen molar-refractivity contribution in [1.82, 2.24) is 0 Å². The predicted molar refractivity (Wildman–Crippen MR) is 228 cm³/mol. The van der Waals surface area contributed by atoms with Crippen LogP contribution in [0.4, 0.5) is 0 Å². The van der Waals surface area contributed by atoms with Gasteiger partial charge in [0, 0.05) is 12.8 Å². The van der Waals surface area contributed by atoms with E-state index in [-0.39, 0.29) is 25.2 Å². The number of unbranched alkanes of at least 4 members (excludes halogenated alkanes) is 34. The zero-order valence-electron chi connectivity index (χ0n) is 35.8. The summed E-state index contributed by atoms with van der Waals surface area (Å²) in [6, 6.07) is 0. The van der Waals surface area contributed by atoms with Crippen LogP contribution in [0.2, 0.25) is 0 Å². The molecule has 0 aromatic rings. The quantitative estimate of drug-likeness (QED) is 0.0381. The summed E-state index contributed by atoms with van der Waals surface area (Å²) in [5.41, 5.74) is 0. The average Bonchev–Trinajstić information content (AvgIpc) is 3.16. The summed E-state index contributed by atoms with van der Waals surface area (Å²) in [5.74, 6) is -0.576. The molecule has 0 aromatic heterocycles. The highest BCUT2D eigenvalue weighted by Crippen LogP contribution is 2.16. The molecule has 0 aromatic carbocycles. The van der Waals surface area contributed by atoms with Crippen LogP contribution in [0.25, 0.3) is 0 Å². The highest BCUT2D eigenvalue weighted by Gasteiger charge is 2.16. The molecule has 1 atom stereocenters. The molecule has 0 spiro atoms. The summed E-state index contributed by atoms with van der Waals surface area (Å²) < 4.78 is 10.7. The Bertz CT molecular complexity index is 765. The fourth-order valence-electron chi connectivity index (χ4n) is 7.20. The van der Waals surface area contributed by atoms with Gasteiger partial charge in [0.2, 0.25) is 0 Å². The molecule has 0 radical (unpaired) electrons. The Morgan fingerprint density at radius 1 is 0.415 bits per heavy atom. The minimum Gasteiger partial charge on any atom is -0.462 e. The van der Waals surface area contributed by atoms with Gasteiger partial charge in [-0.05, 0) is 38.5 Å². The fourth-order valence-corrected chi connectivity index (χ4v) is 7.20. The maximum atomic E-state index is 12.2. The minimum absolute atomic E-state index is 0.0598. The van der Waals surface area contributed by atoms with Crippen molar-refractivity contribution >= 4 is 11.9 Å². The number of hydrogen-bond donors (Lipinski definition) is 1. The molecule has 0 saturated carbocycles. The molecule has 0 saturated heterocycles. The molecule has 53 heavy (non-hydrogen) atoms. The maximum absolute atomic E-state index is 12.2. The maximum Gasteiger partial charge on any atom is 0.306 e. The molecule has 0 aliphatic carbocycles. The molecule has 1 N–H and O–H groups in total. The second-order valence-corrected chi connectivity index (χ2v) is 16.2. The number of carbonyl (C=O) groups is 2. The summed E-state index contributed by atoms with van der Waals surface area (Å²) in [5, 5.41) is 9.60. The Hall–Kier alpha value is -1.36. The van der Waals surface area contributed by atoms with Gasteiger partial charge in [0.1, 0.15) is 6.61 Å². The molecule has 0 aliphatic rings. The van der Waals surface area contributed by atoms with Gasteiger partial charge in [-0.15, -0.1) is 0 Å². The number of carbonyl (C=O) groups excluding carboxylic acids is 2. The summed E-state index contributed by atoms with van der Waals surface area (Å²) in [4.78, 5) is 24.4. The van der Waals surface area contributed by atoms with E-state index in [1.807, 2.05) is 0 Å². The van der Waals surface area contributed by atoms with Gasteiger partial charge in [-0.2, -0.15) is 0 Å². The Kier molecular flexibility index (Phi) is 43.9. The third kappa shape index (κ3) is 43.2. The van der Waals surface area contributed by atoms with Gasteiger partial charge >= 0.3 is 11.9 Å². The van der Waals surface area contributed by atoms with E-state index in [9.17, 15) is 14.7 Å². The van der Waals surface area contributed by atoms with Gasteiger partial charge in [-0.3, -0.25) is 9.59 Å². The third-order valence-electron chi connectivity index (χ3n) is 10.8. The van der Waals surface area contributed by atoms with E-state index in [0.29, 0.717) is 12.8 Å². The Morgan fingerprint density at radius 3 is 1.02 bits per heavy atom. The number of aliphatic hydroxyl groups excluding tert-OH is 1. The van der Waals surface area contributed by atoms with Crippen LogP contribution in [0.1, 0.15) is 264 Å². The Labute approximate surface area is 331 Å². The van der Waals surface area contributed by atoms with Crippen LogP contribution in [0.5, 0.6) is 0 Å². The molecule has 0 rings (SSSR count). The van der Waals surface area contributed by atoms with E-state index in [1.54, 1.807) is 0 Å². The van der Waals surface area contributed by atoms with Gasteiger partial charge in [0.25, 0.3) is 0 Å². The second kappa shape index (κ2) is 45.0. The first-order chi connectivity index (χ1) is 26.1. The van der Waals surface area contributed by atoms with Crippen LogP contribution < -0.4 is 0 Å². The number of allylic oxidation sites excluding steroid dienone is 2. The van der Waals surface area contributed by atoms with Gasteiger partial charge in [-0.25, -0.2) is 0 Å². The monoisotopic (exact) mass is 749 g/mol. The summed E-state index contributed by atoms with van der Waals surface area (Å²) in [6.45, 7) is 4.18. The standard InChI is InChI=1S/C48H92O5/c1-3-5-7-9-11-13-15-17-19-21-23-24-25-27-29-31-33-35-37-39-41-43-48(51)53-46(44-49)45-52-47(50)42-40-38-36-34-32-30-28-26-22-20-18-16-14-12-10-8-6-4-2/h21,23,46,49H,3-20,22,24-45H2,1-2H3/b23-21-. The fraction of sp³-hybridized carbons (Fsp3) is 0.917. The smallest absolute Gasteiger partial charge is 0.306 e. The molecule has 0 fully saturated rings. The van der Waals surface area contributed by atoms with Crippen molar-refractivity contribution in [1.29, 1.82) is 0 Å². The Balaban J connectivity index is 3.47. The van der Waals surface area contributed by atoms with Crippen LogP contribution >= 0.6 is 0 Å². The highest BCUT2D eigenvalue weighted by atomic mass is 16.6. The lowest BCUT2D eigenvalue weighted by molar-refractivity contribution is -0.161. The molecular weight excluding hydrogens is 657 g/mol. The van der Waals surface area contributed by atoms with Crippen molar-refractivity contribution in [3.63, 3.8) is 0 Å². The summed E-state index contributed by atoms with van der Waals surface area (Å²) in [6.07, 6.45) is 52.9. The van der Waals surface area contributed by atoms with E-state index in [4.69, 9.17) is 9.47 Å². The van der Waals surface area contributed by atoms with Gasteiger partial charge in [-0.1, -0.05) is 225 Å². The topological polar surface area (TPSA) is 72.8 Å². The lowest BCUT2D eigenvalue weighted by Crippen LogP contribution is -2.28. The number of aliphatic hydroxyl groups is 1. The van der Waals surface area contributed by atoms with Crippen LogP contribution in [-0.4, -0.2) is 36.4 Å². The lowest BCUT2D eigenvalue weighted by atomic mass is 10.0. The van der Waals surface area contributed by atoms with Gasteiger partial charge in [0.05, 0.1) is 6.61 Å². The number of esters is 2. The zero-order valence-corrected chi connectivity index (χ0v) is 35.8. The van der Waals surface area contributed by atoms with Crippen LogP contribution in [-0.2, 0) is 19.1 Å². The summed E-state index contributed by atoms with van der Waals surface area (Å²) in [7, 11) is 0. The van der Waals surface area contributed by atoms with Crippen molar-refractivity contribution in [3.8, 4) is 0 Å². The van der Waals surface area contributed by atoms with E-state index in [1.165, 1.54) is 205 Å². The Morgan fingerprint density at radius 2 is 0.698 bits per heavy atom. The normalized spacial score (nSPS) is 12.1. The molecule has 5 nitrogen and oxygen atoms in total. The number of hydrogen-bond acceptors (Lipinski definition) is 5. The van der Waals surface area contributed by atoms with Crippen molar-refractivity contribution in [2.75, 3.05) is 13.2 Å². The van der Waals surface area contributed by atoms with Crippen molar-refractivity contribution in [3.05, 3.63) is 12.2 Å². The van der Waals surface area contributed by atoms with Gasteiger partial charge in [0.15, 0.2) is 6.10 Å². The first-order valence-corrected chi connectivity index (χ1v) is 23.7. The zero-order chi connectivity index (χ0) is 38.6. The minimum atomic E-state index is -0.767. The molecule has 0 amide bonds. The van der Waals surface area contributed by atoms with Crippen molar-refractivity contribution in [2.45, 2.75) is 270 Å². The number of ether oxygens (including phenoxy) is 2. The average molecular weight is 749 g/mol. The molecule has 5 heteroatoms. The van der Waals surface area contributed by atoms with E-state index in [2.05, 4.69) is 26.0 Å². The molecular formula is C48H92O5. The van der Waals surface area contributed by atoms with Crippen LogP contribution in [0, 0.1) is 0 Å². The first-order valence-electron chi connectivity index (χ1n) is 23.7. The van der Waals surface area contributed by atoms with Gasteiger partial charge < -0.3 is 14.6 Å². The van der Waals surface area contributed by atoms with Crippen molar-refractivity contribution < 1.29 is 24.2 Å². The molecule has 314 valence electrons. The van der Waals surface area contributed by atoms with Crippen LogP contribution in [0.15, 0.2) is 12.2 Å². The van der Waals surface area contributed by atoms with E-state index >= 15 is 0 Å². The van der Waals surface area contributed by atoms with E-state index in [0.717, 1.165) is 32.1 Å². The highest BCUT2D eigenvalue weighted by molar-refractivity contribution is 5.70. The molecule has 0 aliphatic heterocycles. The SMILES string of the molecule is CCCCCCCCCC/C=C\CCCCCCCCCCCC(=O)OC(CO)COC(=O)CCCCCCCCCCCCCCCCCCCC. The third-order valence-corrected chi connectivity index (χ3v) is 10.8. The van der Waals surface area contributed by atoms with Crippen LogP contribution in [0.3, 0.4) is 0 Å². The summed E-state index contributed by atoms with van der Waals surface area (Å²) >= 11 is 0. The van der Waals surface area contributed by atoms with E-state index < -0.39 is 6.10 Å². The largest absolute Gasteiger partial charge is 0.462 e. The molecule has 0 bridgehead atoms. The molecule has 1 unspecified atom stereocenters. The molecule has 0 heterocycles. The predicted octanol–water partition coefficient (Wildman–Crippen LogP) is 15.2. The number of rotatable bonds is 44. The second-order valence-electron chi connectivity index (χ2n) is 16.2. The van der Waals surface area contributed by atoms with Crippen molar-refractivity contribution in [2.24, 2.45) is 0 Å².